The first-order valence-electron chi connectivity index (χ1n) is 8.13. The van der Waals surface area contributed by atoms with Crippen molar-refractivity contribution in [3.63, 3.8) is 0 Å². The second kappa shape index (κ2) is 7.61. The van der Waals surface area contributed by atoms with Crippen LogP contribution in [0.25, 0.3) is 0 Å². The first kappa shape index (κ1) is 18.2. The fourth-order valence-electron chi connectivity index (χ4n) is 3.57. The summed E-state index contributed by atoms with van der Waals surface area (Å²) in [4.78, 5) is 27.7. The Balaban J connectivity index is 1.68. The number of carbonyl (C=O) groups excluding carboxylic acids is 2. The Morgan fingerprint density at radius 2 is 2.00 bits per heavy atom. The zero-order valence-corrected chi connectivity index (χ0v) is 14.6. The maximum absolute atomic E-state index is 12.0. The SMILES string of the molecule is CO[C@@H]1[C@@H](C)[C@@H](NC(=O)NCCNC(=O)c2cccnc2)C1(C)C. The van der Waals surface area contributed by atoms with Gasteiger partial charge in [-0.1, -0.05) is 20.8 Å². The average Bonchev–Trinajstić information content (AvgIpc) is 2.57. The molecule has 3 atom stereocenters. The van der Waals surface area contributed by atoms with Gasteiger partial charge in [0.05, 0.1) is 11.7 Å². The summed E-state index contributed by atoms with van der Waals surface area (Å²) in [5, 5.41) is 8.48. The van der Waals surface area contributed by atoms with Gasteiger partial charge >= 0.3 is 6.03 Å². The van der Waals surface area contributed by atoms with E-state index in [-0.39, 0.29) is 35.4 Å². The van der Waals surface area contributed by atoms with Crippen molar-refractivity contribution in [3.05, 3.63) is 30.1 Å². The molecule has 0 aromatic carbocycles. The molecule has 2 rings (SSSR count). The summed E-state index contributed by atoms with van der Waals surface area (Å²) >= 11 is 0. The van der Waals surface area contributed by atoms with Gasteiger partial charge in [0, 0.05) is 50.0 Å². The fraction of sp³-hybridized carbons (Fsp3) is 0.588. The van der Waals surface area contributed by atoms with E-state index in [4.69, 9.17) is 4.74 Å². The molecule has 1 aromatic rings. The Kier molecular flexibility index (Phi) is 5.77. The van der Waals surface area contributed by atoms with Gasteiger partial charge in [-0.25, -0.2) is 4.79 Å². The molecule has 7 heteroatoms. The van der Waals surface area contributed by atoms with E-state index < -0.39 is 0 Å². The Labute approximate surface area is 142 Å². The van der Waals surface area contributed by atoms with Crippen molar-refractivity contribution in [2.45, 2.75) is 32.9 Å². The Morgan fingerprint density at radius 3 is 2.58 bits per heavy atom. The van der Waals surface area contributed by atoms with E-state index in [1.807, 2.05) is 0 Å². The van der Waals surface area contributed by atoms with E-state index >= 15 is 0 Å². The number of methoxy groups -OCH3 is 1. The van der Waals surface area contributed by atoms with Gasteiger partial charge in [0.25, 0.3) is 5.91 Å². The number of urea groups is 1. The molecule has 1 aliphatic carbocycles. The molecule has 24 heavy (non-hydrogen) atoms. The van der Waals surface area contributed by atoms with Crippen molar-refractivity contribution in [2.24, 2.45) is 11.3 Å². The zero-order valence-electron chi connectivity index (χ0n) is 14.6. The highest BCUT2D eigenvalue weighted by Crippen LogP contribution is 2.46. The number of pyridine rings is 1. The van der Waals surface area contributed by atoms with Gasteiger partial charge in [0.15, 0.2) is 0 Å². The zero-order chi connectivity index (χ0) is 17.7. The minimum Gasteiger partial charge on any atom is -0.380 e. The lowest BCUT2D eigenvalue weighted by Crippen LogP contribution is -2.68. The van der Waals surface area contributed by atoms with Gasteiger partial charge in [-0.15, -0.1) is 0 Å². The third-order valence-corrected chi connectivity index (χ3v) is 4.70. The van der Waals surface area contributed by atoms with Crippen LogP contribution in [0.5, 0.6) is 0 Å². The molecular formula is C17H26N4O3. The molecule has 0 radical (unpaired) electrons. The average molecular weight is 334 g/mol. The van der Waals surface area contributed by atoms with Crippen LogP contribution in [0, 0.1) is 11.3 Å². The Hall–Kier alpha value is -2.15. The number of carbonyl (C=O) groups is 2. The molecule has 1 aliphatic rings. The van der Waals surface area contributed by atoms with Crippen LogP contribution in [0.4, 0.5) is 4.79 Å². The molecule has 1 aromatic heterocycles. The monoisotopic (exact) mass is 334 g/mol. The van der Waals surface area contributed by atoms with Gasteiger partial charge < -0.3 is 20.7 Å². The van der Waals surface area contributed by atoms with Crippen molar-refractivity contribution >= 4 is 11.9 Å². The number of aromatic nitrogens is 1. The number of amides is 3. The third kappa shape index (κ3) is 3.84. The van der Waals surface area contributed by atoms with Crippen LogP contribution in [0.3, 0.4) is 0 Å². The number of nitrogens with zero attached hydrogens (tertiary/aromatic N) is 1. The van der Waals surface area contributed by atoms with E-state index in [1.54, 1.807) is 25.4 Å². The summed E-state index contributed by atoms with van der Waals surface area (Å²) in [6.07, 6.45) is 3.25. The lowest BCUT2D eigenvalue weighted by Gasteiger charge is -2.56. The van der Waals surface area contributed by atoms with E-state index in [2.05, 4.69) is 41.7 Å². The summed E-state index contributed by atoms with van der Waals surface area (Å²) in [7, 11) is 1.70. The molecule has 0 bridgehead atoms. The van der Waals surface area contributed by atoms with Gasteiger partial charge in [-0.2, -0.15) is 0 Å². The lowest BCUT2D eigenvalue weighted by atomic mass is 9.58. The Morgan fingerprint density at radius 1 is 1.29 bits per heavy atom. The second-order valence-electron chi connectivity index (χ2n) is 6.71. The maximum Gasteiger partial charge on any atom is 0.315 e. The number of nitrogens with one attached hydrogen (secondary N) is 3. The first-order chi connectivity index (χ1) is 11.4. The molecule has 0 saturated heterocycles. The van der Waals surface area contributed by atoms with Crippen LogP contribution in [-0.2, 0) is 4.74 Å². The first-order valence-corrected chi connectivity index (χ1v) is 8.13. The van der Waals surface area contributed by atoms with E-state index in [9.17, 15) is 9.59 Å². The topological polar surface area (TPSA) is 92.4 Å². The normalized spacial score (nSPS) is 24.6. The minimum absolute atomic E-state index is 0.0624. The molecule has 3 amide bonds. The predicted octanol–water partition coefficient (Wildman–Crippen LogP) is 1.17. The largest absolute Gasteiger partial charge is 0.380 e. The van der Waals surface area contributed by atoms with Gasteiger partial charge in [0.2, 0.25) is 0 Å². The minimum atomic E-state index is -0.231. The molecule has 0 spiro atoms. The quantitative estimate of drug-likeness (QED) is 0.681. The fourth-order valence-corrected chi connectivity index (χ4v) is 3.57. The standard InChI is InChI=1S/C17H26N4O3/c1-11-13(17(2,3)14(11)24-4)21-16(23)20-9-8-19-15(22)12-6-5-7-18-10-12/h5-7,10-11,13-14H,8-9H2,1-4H3,(H,19,22)(H2,20,21,23)/t11-,13+,14+/m0/s1. The van der Waals surface area contributed by atoms with E-state index in [0.717, 1.165) is 0 Å². The molecule has 7 nitrogen and oxygen atoms in total. The molecular weight excluding hydrogens is 308 g/mol. The molecule has 0 aliphatic heterocycles. The van der Waals surface area contributed by atoms with Crippen molar-refractivity contribution in [2.75, 3.05) is 20.2 Å². The summed E-state index contributed by atoms with van der Waals surface area (Å²) in [6, 6.07) is 3.22. The highest BCUT2D eigenvalue weighted by Gasteiger charge is 2.55. The van der Waals surface area contributed by atoms with Crippen molar-refractivity contribution in [1.29, 1.82) is 0 Å². The molecule has 132 valence electrons. The summed E-state index contributed by atoms with van der Waals surface area (Å²) in [6.45, 7) is 6.94. The van der Waals surface area contributed by atoms with Crippen LogP contribution in [-0.4, -0.2) is 49.3 Å². The summed E-state index contributed by atoms with van der Waals surface area (Å²) in [5.74, 6) is 0.0584. The predicted molar refractivity (Wildman–Crippen MR) is 90.6 cm³/mol. The maximum atomic E-state index is 12.0. The second-order valence-corrected chi connectivity index (χ2v) is 6.71. The lowest BCUT2D eigenvalue weighted by molar-refractivity contribution is -0.140. The van der Waals surface area contributed by atoms with Crippen LogP contribution in [0.15, 0.2) is 24.5 Å². The highest BCUT2D eigenvalue weighted by atomic mass is 16.5. The van der Waals surface area contributed by atoms with Crippen LogP contribution in [0.1, 0.15) is 31.1 Å². The van der Waals surface area contributed by atoms with Crippen LogP contribution < -0.4 is 16.0 Å². The number of hydrogen-bond acceptors (Lipinski definition) is 4. The molecule has 1 fully saturated rings. The molecule has 1 heterocycles. The highest BCUT2D eigenvalue weighted by molar-refractivity contribution is 5.93. The van der Waals surface area contributed by atoms with Crippen LogP contribution in [0.2, 0.25) is 0 Å². The number of rotatable bonds is 6. The summed E-state index contributed by atoms with van der Waals surface area (Å²) < 4.78 is 5.47. The van der Waals surface area contributed by atoms with Crippen molar-refractivity contribution in [3.8, 4) is 0 Å². The molecule has 0 unspecified atom stereocenters. The smallest absolute Gasteiger partial charge is 0.315 e. The van der Waals surface area contributed by atoms with Gasteiger partial charge in [-0.05, 0) is 12.1 Å². The molecule has 3 N–H and O–H groups in total. The van der Waals surface area contributed by atoms with Gasteiger partial charge in [0.1, 0.15) is 0 Å². The van der Waals surface area contributed by atoms with Crippen molar-refractivity contribution < 1.29 is 14.3 Å². The number of hydrogen-bond donors (Lipinski definition) is 3. The third-order valence-electron chi connectivity index (χ3n) is 4.70. The number of ether oxygens (including phenoxy) is 1. The van der Waals surface area contributed by atoms with Crippen LogP contribution >= 0.6 is 0 Å². The Bertz CT molecular complexity index is 576. The van der Waals surface area contributed by atoms with Gasteiger partial charge in [-0.3, -0.25) is 9.78 Å². The van der Waals surface area contributed by atoms with E-state index in [0.29, 0.717) is 18.7 Å². The molecule has 1 saturated carbocycles. The summed E-state index contributed by atoms with van der Waals surface area (Å²) in [5.41, 5.74) is 0.401. The van der Waals surface area contributed by atoms with E-state index in [1.165, 1.54) is 6.20 Å². The van der Waals surface area contributed by atoms with Crippen molar-refractivity contribution in [1.82, 2.24) is 20.9 Å².